The maximum absolute atomic E-state index is 12.5. The molecule has 0 atom stereocenters. The van der Waals surface area contributed by atoms with E-state index in [4.69, 9.17) is 0 Å². The molecule has 1 amide bonds. The molecule has 1 aromatic heterocycles. The van der Waals surface area contributed by atoms with Crippen molar-refractivity contribution >= 4 is 33.2 Å². The summed E-state index contributed by atoms with van der Waals surface area (Å²) in [7, 11) is 0. The quantitative estimate of drug-likeness (QED) is 0.756. The molecule has 1 aliphatic carbocycles. The molecule has 1 heterocycles. The van der Waals surface area contributed by atoms with Crippen molar-refractivity contribution in [1.29, 1.82) is 0 Å². The zero-order valence-electron chi connectivity index (χ0n) is 10.1. The van der Waals surface area contributed by atoms with Crippen LogP contribution in [0.3, 0.4) is 0 Å². The highest BCUT2D eigenvalue weighted by molar-refractivity contribution is 9.09. The van der Waals surface area contributed by atoms with Crippen LogP contribution in [-0.4, -0.2) is 28.7 Å². The second kappa shape index (κ2) is 6.01. The Hall–Kier alpha value is -0.350. The largest absolute Gasteiger partial charge is 0.335 e. The van der Waals surface area contributed by atoms with Crippen LogP contribution in [-0.2, 0) is 0 Å². The van der Waals surface area contributed by atoms with Gasteiger partial charge in [0.1, 0.15) is 0 Å². The molecule has 0 spiro atoms. The molecule has 2 rings (SSSR count). The number of carbonyl (C=O) groups excluding carboxylic acids is 1. The summed E-state index contributed by atoms with van der Waals surface area (Å²) < 4.78 is 0. The number of amides is 1. The Morgan fingerprint density at radius 2 is 2.35 bits per heavy atom. The van der Waals surface area contributed by atoms with Gasteiger partial charge in [-0.15, -0.1) is 11.3 Å². The first-order valence-corrected chi connectivity index (χ1v) is 8.15. The van der Waals surface area contributed by atoms with Gasteiger partial charge in [0.15, 0.2) is 0 Å². The summed E-state index contributed by atoms with van der Waals surface area (Å²) >= 11 is 5.01. The lowest BCUT2D eigenvalue weighted by molar-refractivity contribution is 0.0585. The van der Waals surface area contributed by atoms with Crippen molar-refractivity contribution < 1.29 is 4.79 Å². The number of aryl methyl sites for hydroxylation is 1. The summed E-state index contributed by atoms with van der Waals surface area (Å²) in [5.41, 5.74) is 1.11. The van der Waals surface area contributed by atoms with Gasteiger partial charge in [-0.2, -0.15) is 0 Å². The molecular formula is C13H18BrNOS. The van der Waals surface area contributed by atoms with Gasteiger partial charge in [0.2, 0.25) is 0 Å². The number of nitrogens with zero attached hydrogens (tertiary/aromatic N) is 1. The van der Waals surface area contributed by atoms with E-state index in [0.717, 1.165) is 28.7 Å². The Kier molecular flexibility index (Phi) is 4.62. The number of carbonyl (C=O) groups is 1. The Bertz CT molecular complexity index is 387. The molecule has 0 N–H and O–H groups in total. The molecule has 94 valence electrons. The molecule has 0 radical (unpaired) electrons. The van der Waals surface area contributed by atoms with Crippen molar-refractivity contribution in [3.8, 4) is 0 Å². The predicted octanol–water partition coefficient (Wildman–Crippen LogP) is 3.84. The first-order chi connectivity index (χ1) is 8.24. The van der Waals surface area contributed by atoms with Crippen LogP contribution in [0.4, 0.5) is 0 Å². The Balaban J connectivity index is 2.09. The molecule has 1 aliphatic rings. The maximum atomic E-state index is 12.5. The maximum Gasteiger partial charge on any atom is 0.264 e. The van der Waals surface area contributed by atoms with Crippen LogP contribution < -0.4 is 0 Å². The zero-order valence-corrected chi connectivity index (χ0v) is 12.5. The van der Waals surface area contributed by atoms with E-state index in [2.05, 4.69) is 20.8 Å². The van der Waals surface area contributed by atoms with Gasteiger partial charge in [0, 0.05) is 17.9 Å². The minimum Gasteiger partial charge on any atom is -0.335 e. The van der Waals surface area contributed by atoms with Gasteiger partial charge in [-0.25, -0.2) is 0 Å². The lowest BCUT2D eigenvalue weighted by Gasteiger charge is -2.37. The first kappa shape index (κ1) is 13.1. The average Bonchev–Trinajstić information content (AvgIpc) is 2.67. The minimum atomic E-state index is 0.239. The summed E-state index contributed by atoms with van der Waals surface area (Å²) in [4.78, 5) is 15.5. The molecule has 0 unspecified atom stereocenters. The van der Waals surface area contributed by atoms with E-state index in [1.165, 1.54) is 19.3 Å². The fraction of sp³-hybridized carbons (Fsp3) is 0.615. The third kappa shape index (κ3) is 2.91. The van der Waals surface area contributed by atoms with Crippen LogP contribution in [0.25, 0.3) is 0 Å². The second-order valence-electron chi connectivity index (χ2n) is 4.56. The second-order valence-corrected chi connectivity index (χ2v) is 6.27. The molecule has 1 aromatic rings. The SMILES string of the molecule is Cc1ccsc1C(=O)N(CCCBr)C1CCC1. The number of alkyl halides is 1. The molecule has 0 aromatic carbocycles. The highest BCUT2D eigenvalue weighted by Crippen LogP contribution is 2.28. The topological polar surface area (TPSA) is 20.3 Å². The van der Waals surface area contributed by atoms with Gasteiger partial charge < -0.3 is 4.90 Å². The molecule has 17 heavy (non-hydrogen) atoms. The van der Waals surface area contributed by atoms with Crippen LogP contribution >= 0.6 is 27.3 Å². The molecule has 2 nitrogen and oxygen atoms in total. The van der Waals surface area contributed by atoms with E-state index in [1.54, 1.807) is 11.3 Å². The van der Waals surface area contributed by atoms with E-state index >= 15 is 0 Å². The van der Waals surface area contributed by atoms with Crippen LogP contribution in [0.1, 0.15) is 40.9 Å². The fourth-order valence-electron chi connectivity index (χ4n) is 2.10. The summed E-state index contributed by atoms with van der Waals surface area (Å²) in [6.07, 6.45) is 4.66. The van der Waals surface area contributed by atoms with Crippen LogP contribution in [0.15, 0.2) is 11.4 Å². The normalized spacial score (nSPS) is 15.6. The number of halogens is 1. The van der Waals surface area contributed by atoms with E-state index < -0.39 is 0 Å². The van der Waals surface area contributed by atoms with Crippen molar-refractivity contribution in [1.82, 2.24) is 4.90 Å². The lowest BCUT2D eigenvalue weighted by atomic mass is 9.91. The Morgan fingerprint density at radius 1 is 1.59 bits per heavy atom. The van der Waals surface area contributed by atoms with Crippen LogP contribution in [0, 0.1) is 6.92 Å². The predicted molar refractivity (Wildman–Crippen MR) is 76.1 cm³/mol. The Morgan fingerprint density at radius 3 is 2.82 bits per heavy atom. The summed E-state index contributed by atoms with van der Waals surface area (Å²) in [6.45, 7) is 2.90. The van der Waals surface area contributed by atoms with Gasteiger partial charge in [-0.3, -0.25) is 4.79 Å². The average molecular weight is 316 g/mol. The van der Waals surface area contributed by atoms with Crippen molar-refractivity contribution in [3.05, 3.63) is 21.9 Å². The van der Waals surface area contributed by atoms with E-state index in [9.17, 15) is 4.79 Å². The zero-order chi connectivity index (χ0) is 12.3. The van der Waals surface area contributed by atoms with Gasteiger partial charge in [-0.05, 0) is 49.6 Å². The lowest BCUT2D eigenvalue weighted by Crippen LogP contribution is -2.44. The summed E-state index contributed by atoms with van der Waals surface area (Å²) in [5, 5.41) is 2.97. The van der Waals surface area contributed by atoms with Crippen LogP contribution in [0.2, 0.25) is 0 Å². The third-order valence-corrected chi connectivity index (χ3v) is 4.93. The molecule has 1 fully saturated rings. The molecule has 0 saturated heterocycles. The monoisotopic (exact) mass is 315 g/mol. The van der Waals surface area contributed by atoms with Gasteiger partial charge in [0.25, 0.3) is 5.91 Å². The molecule has 0 aliphatic heterocycles. The summed E-state index contributed by atoms with van der Waals surface area (Å²) in [5.74, 6) is 0.239. The van der Waals surface area contributed by atoms with Gasteiger partial charge in [-0.1, -0.05) is 15.9 Å². The van der Waals surface area contributed by atoms with Crippen LogP contribution in [0.5, 0.6) is 0 Å². The van der Waals surface area contributed by atoms with E-state index in [1.807, 2.05) is 18.4 Å². The van der Waals surface area contributed by atoms with Gasteiger partial charge >= 0.3 is 0 Å². The number of hydrogen-bond donors (Lipinski definition) is 0. The van der Waals surface area contributed by atoms with E-state index in [-0.39, 0.29) is 5.91 Å². The van der Waals surface area contributed by atoms with Crippen molar-refractivity contribution in [2.45, 2.75) is 38.6 Å². The number of thiophene rings is 1. The number of rotatable bonds is 5. The molecule has 0 bridgehead atoms. The highest BCUT2D eigenvalue weighted by atomic mass is 79.9. The third-order valence-electron chi connectivity index (χ3n) is 3.37. The first-order valence-electron chi connectivity index (χ1n) is 6.15. The van der Waals surface area contributed by atoms with E-state index in [0.29, 0.717) is 6.04 Å². The standard InChI is InChI=1S/C13H18BrNOS/c1-10-6-9-17-12(10)13(16)15(8-3-7-14)11-4-2-5-11/h6,9,11H,2-5,7-8H2,1H3. The highest BCUT2D eigenvalue weighted by Gasteiger charge is 2.29. The van der Waals surface area contributed by atoms with Crippen molar-refractivity contribution in [3.63, 3.8) is 0 Å². The smallest absolute Gasteiger partial charge is 0.264 e. The van der Waals surface area contributed by atoms with Crippen molar-refractivity contribution in [2.75, 3.05) is 11.9 Å². The molecule has 1 saturated carbocycles. The molecule has 4 heteroatoms. The Labute approximate surface area is 115 Å². The van der Waals surface area contributed by atoms with Gasteiger partial charge in [0.05, 0.1) is 4.88 Å². The number of hydrogen-bond acceptors (Lipinski definition) is 2. The van der Waals surface area contributed by atoms with Crippen molar-refractivity contribution in [2.24, 2.45) is 0 Å². The molecular weight excluding hydrogens is 298 g/mol. The minimum absolute atomic E-state index is 0.239. The fourth-order valence-corrected chi connectivity index (χ4v) is 3.23. The summed E-state index contributed by atoms with van der Waals surface area (Å²) in [6, 6.07) is 2.52.